The number of ether oxygens (including phenoxy) is 2. The van der Waals surface area contributed by atoms with Crippen LogP contribution in [-0.4, -0.2) is 40.8 Å². The van der Waals surface area contributed by atoms with Crippen LogP contribution in [0, 0.1) is 0 Å². The molecular formula is C26H27ClN6O2. The topological polar surface area (TPSA) is 84.4 Å². The minimum atomic E-state index is 0.179. The molecule has 0 radical (unpaired) electrons. The second kappa shape index (κ2) is 10.3. The maximum absolute atomic E-state index is 6.52. The third-order valence-corrected chi connectivity index (χ3v) is 6.18. The molecule has 1 aliphatic heterocycles. The summed E-state index contributed by atoms with van der Waals surface area (Å²) in [6, 6.07) is 15.3. The van der Waals surface area contributed by atoms with Crippen LogP contribution in [0.1, 0.15) is 19.5 Å². The van der Waals surface area contributed by atoms with Gasteiger partial charge in [-0.3, -0.25) is 10.3 Å². The van der Waals surface area contributed by atoms with Crippen molar-refractivity contribution in [2.45, 2.75) is 26.6 Å². The molecule has 3 heterocycles. The molecule has 180 valence electrons. The van der Waals surface area contributed by atoms with Gasteiger partial charge in [0, 0.05) is 11.9 Å². The van der Waals surface area contributed by atoms with Crippen molar-refractivity contribution in [2.24, 2.45) is 0 Å². The normalized spacial score (nSPS) is 13.7. The van der Waals surface area contributed by atoms with Gasteiger partial charge in [-0.15, -0.1) is 0 Å². The van der Waals surface area contributed by atoms with E-state index in [0.717, 1.165) is 46.8 Å². The first-order chi connectivity index (χ1) is 17.1. The maximum Gasteiger partial charge on any atom is 0.155 e. The highest BCUT2D eigenvalue weighted by Crippen LogP contribution is 2.42. The Balaban J connectivity index is 1.42. The zero-order valence-corrected chi connectivity index (χ0v) is 20.4. The Bertz CT molecular complexity index is 1320. The maximum atomic E-state index is 6.52. The Kier molecular flexibility index (Phi) is 6.83. The number of nitrogens with zero attached hydrogens (tertiary/aromatic N) is 4. The van der Waals surface area contributed by atoms with E-state index >= 15 is 0 Å². The molecule has 35 heavy (non-hydrogen) atoms. The van der Waals surface area contributed by atoms with Gasteiger partial charge in [-0.05, 0) is 55.9 Å². The van der Waals surface area contributed by atoms with Crippen molar-refractivity contribution in [2.75, 3.05) is 29.9 Å². The molecular weight excluding hydrogens is 464 g/mol. The number of halogens is 1. The van der Waals surface area contributed by atoms with Crippen molar-refractivity contribution in [1.82, 2.24) is 20.3 Å². The molecule has 1 atom stereocenters. The van der Waals surface area contributed by atoms with Gasteiger partial charge in [-0.1, -0.05) is 24.6 Å². The number of aromatic nitrogens is 3. The first-order valence-electron chi connectivity index (χ1n) is 11.6. The lowest BCUT2D eigenvalue weighted by Gasteiger charge is -2.36. The summed E-state index contributed by atoms with van der Waals surface area (Å²) in [6.45, 7) is 6.88. The number of pyridine rings is 1. The average Bonchev–Trinajstić information content (AvgIpc) is 2.88. The number of hydrogen-bond acceptors (Lipinski definition) is 8. The fourth-order valence-electron chi connectivity index (χ4n) is 4.22. The molecule has 2 aromatic heterocycles. The molecule has 9 heteroatoms. The highest BCUT2D eigenvalue weighted by molar-refractivity contribution is 6.32. The molecule has 2 N–H and O–H groups in total. The van der Waals surface area contributed by atoms with Crippen molar-refractivity contribution < 1.29 is 9.47 Å². The molecule has 0 bridgehead atoms. The van der Waals surface area contributed by atoms with Gasteiger partial charge >= 0.3 is 0 Å². The first-order valence-corrected chi connectivity index (χ1v) is 12.0. The van der Waals surface area contributed by atoms with Crippen molar-refractivity contribution in [1.29, 1.82) is 0 Å². The summed E-state index contributed by atoms with van der Waals surface area (Å²) in [4.78, 5) is 15.6. The van der Waals surface area contributed by atoms with Crippen LogP contribution in [0.3, 0.4) is 0 Å². The van der Waals surface area contributed by atoms with Crippen LogP contribution in [0.4, 0.5) is 17.2 Å². The molecule has 0 aliphatic carbocycles. The van der Waals surface area contributed by atoms with Crippen molar-refractivity contribution >= 4 is 39.7 Å². The Morgan fingerprint density at radius 2 is 2.06 bits per heavy atom. The predicted octanol–water partition coefficient (Wildman–Crippen LogP) is 5.16. The van der Waals surface area contributed by atoms with Crippen molar-refractivity contribution in [3.8, 4) is 11.5 Å². The summed E-state index contributed by atoms with van der Waals surface area (Å²) in [5.74, 6) is 2.02. The second-order valence-electron chi connectivity index (χ2n) is 8.19. The summed E-state index contributed by atoms with van der Waals surface area (Å²) in [5.41, 5.74) is 3.44. The molecule has 4 aromatic rings. The Labute approximate surface area is 209 Å². The van der Waals surface area contributed by atoms with E-state index in [1.165, 1.54) is 0 Å². The quantitative estimate of drug-likeness (QED) is 0.350. The molecule has 1 unspecified atom stereocenters. The summed E-state index contributed by atoms with van der Waals surface area (Å²) in [7, 11) is 0. The summed E-state index contributed by atoms with van der Waals surface area (Å²) in [5, 5.41) is 8.21. The van der Waals surface area contributed by atoms with Crippen LogP contribution in [0.15, 0.2) is 61.1 Å². The van der Waals surface area contributed by atoms with Crippen LogP contribution < -0.4 is 25.0 Å². The highest BCUT2D eigenvalue weighted by atomic mass is 35.5. The number of rotatable bonds is 8. The smallest absolute Gasteiger partial charge is 0.155 e. The van der Waals surface area contributed by atoms with Crippen LogP contribution in [-0.2, 0) is 6.61 Å². The molecule has 0 fully saturated rings. The van der Waals surface area contributed by atoms with Gasteiger partial charge in [0.1, 0.15) is 31.1 Å². The standard InChI is InChI=1S/C26H27ClN6O2/c1-3-28-17(2)33-12-13-34-25-22(33)9-8-21-24(25)26(31-16-30-21)32-18-7-10-23(20(27)14-18)35-15-19-6-4-5-11-29-19/h4-11,14,16-17,28H,3,12-13,15H2,1-2H3,(H,30,31,32). The van der Waals surface area contributed by atoms with E-state index in [-0.39, 0.29) is 6.17 Å². The molecule has 0 saturated carbocycles. The van der Waals surface area contributed by atoms with E-state index in [4.69, 9.17) is 21.1 Å². The zero-order chi connectivity index (χ0) is 24.2. The van der Waals surface area contributed by atoms with Crippen molar-refractivity contribution in [3.05, 3.63) is 71.8 Å². The lowest BCUT2D eigenvalue weighted by Crippen LogP contribution is -2.47. The SMILES string of the molecule is CCNC(C)N1CCOc2c1ccc1ncnc(Nc3ccc(OCc4ccccn4)c(Cl)c3)c21. The highest BCUT2D eigenvalue weighted by Gasteiger charge is 2.25. The number of hydrogen-bond donors (Lipinski definition) is 2. The van der Waals surface area contributed by atoms with Gasteiger partial charge in [0.05, 0.1) is 40.0 Å². The lowest BCUT2D eigenvalue weighted by atomic mass is 10.1. The predicted molar refractivity (Wildman–Crippen MR) is 139 cm³/mol. The second-order valence-corrected chi connectivity index (χ2v) is 8.59. The van der Waals surface area contributed by atoms with E-state index in [2.05, 4.69) is 50.4 Å². The molecule has 8 nitrogen and oxygen atoms in total. The molecule has 0 amide bonds. The number of fused-ring (bicyclic) bond motifs is 3. The summed E-state index contributed by atoms with van der Waals surface area (Å²) in [6.07, 6.45) is 3.46. The minimum Gasteiger partial charge on any atom is -0.489 e. The average molecular weight is 491 g/mol. The van der Waals surface area contributed by atoms with Gasteiger partial charge < -0.3 is 19.7 Å². The molecule has 0 spiro atoms. The summed E-state index contributed by atoms with van der Waals surface area (Å²) < 4.78 is 12.0. The van der Waals surface area contributed by atoms with E-state index < -0.39 is 0 Å². The van der Waals surface area contributed by atoms with Gasteiger partial charge in [-0.25, -0.2) is 9.97 Å². The van der Waals surface area contributed by atoms with Crippen LogP contribution in [0.2, 0.25) is 5.02 Å². The molecule has 0 saturated heterocycles. The monoisotopic (exact) mass is 490 g/mol. The van der Waals surface area contributed by atoms with Gasteiger partial charge in [0.2, 0.25) is 0 Å². The summed E-state index contributed by atoms with van der Waals surface area (Å²) >= 11 is 6.52. The first kappa shape index (κ1) is 23.1. The largest absolute Gasteiger partial charge is 0.489 e. The Morgan fingerprint density at radius 3 is 2.86 bits per heavy atom. The Hall–Kier alpha value is -3.62. The fourth-order valence-corrected chi connectivity index (χ4v) is 4.46. The van der Waals surface area contributed by atoms with Crippen molar-refractivity contribution in [3.63, 3.8) is 0 Å². The third-order valence-electron chi connectivity index (χ3n) is 5.89. The number of nitrogens with one attached hydrogen (secondary N) is 2. The van der Waals surface area contributed by atoms with Gasteiger partial charge in [0.15, 0.2) is 5.75 Å². The number of benzene rings is 2. The van der Waals surface area contributed by atoms with Crippen LogP contribution in [0.5, 0.6) is 11.5 Å². The van der Waals surface area contributed by atoms with E-state index in [1.807, 2.05) is 42.5 Å². The van der Waals surface area contributed by atoms with Gasteiger partial charge in [0.25, 0.3) is 0 Å². The fraction of sp³-hybridized carbons (Fsp3) is 0.269. The molecule has 5 rings (SSSR count). The molecule has 1 aliphatic rings. The van der Waals surface area contributed by atoms with E-state index in [0.29, 0.717) is 29.8 Å². The molecule has 2 aromatic carbocycles. The van der Waals surface area contributed by atoms with E-state index in [9.17, 15) is 0 Å². The van der Waals surface area contributed by atoms with Gasteiger partial charge in [-0.2, -0.15) is 0 Å². The van der Waals surface area contributed by atoms with Crippen LogP contribution in [0.25, 0.3) is 10.9 Å². The zero-order valence-electron chi connectivity index (χ0n) is 19.7. The Morgan fingerprint density at radius 1 is 1.14 bits per heavy atom. The van der Waals surface area contributed by atoms with Crippen LogP contribution >= 0.6 is 11.6 Å². The van der Waals surface area contributed by atoms with E-state index in [1.54, 1.807) is 12.5 Å². The number of anilines is 3. The minimum absolute atomic E-state index is 0.179. The lowest BCUT2D eigenvalue weighted by molar-refractivity contribution is 0.300. The third kappa shape index (κ3) is 4.94.